The van der Waals surface area contributed by atoms with Gasteiger partial charge in [-0.15, -0.1) is 6.58 Å². The molecule has 0 saturated carbocycles. The summed E-state index contributed by atoms with van der Waals surface area (Å²) in [5.41, 5.74) is 3.56. The Labute approximate surface area is 151 Å². The molecule has 24 heavy (non-hydrogen) atoms. The Morgan fingerprint density at radius 2 is 1.58 bits per heavy atom. The second-order valence-corrected chi connectivity index (χ2v) is 4.84. The predicted octanol–water partition coefficient (Wildman–Crippen LogP) is 8.03. The largest absolute Gasteiger partial charge is 0.103 e. The lowest BCUT2D eigenvalue weighted by Gasteiger charge is -2.16. The van der Waals surface area contributed by atoms with Gasteiger partial charge in [0, 0.05) is 0 Å². The first-order valence-electron chi connectivity index (χ1n) is 9.02. The van der Waals surface area contributed by atoms with Gasteiger partial charge >= 0.3 is 0 Å². The molecule has 0 radical (unpaired) electrons. The molecule has 1 aromatic rings. The summed E-state index contributed by atoms with van der Waals surface area (Å²) in [5, 5.41) is 0. The maximum Gasteiger partial charge on any atom is -0.0124 e. The van der Waals surface area contributed by atoms with Crippen LogP contribution in [0.15, 0.2) is 92.1 Å². The average Bonchev–Trinajstić information content (AvgIpc) is 2.66. The number of rotatable bonds is 9. The van der Waals surface area contributed by atoms with E-state index in [0.717, 1.165) is 30.4 Å². The van der Waals surface area contributed by atoms with E-state index < -0.39 is 0 Å². The van der Waals surface area contributed by atoms with Crippen LogP contribution in [0.2, 0.25) is 0 Å². The van der Waals surface area contributed by atoms with Crippen molar-refractivity contribution < 1.29 is 0 Å². The van der Waals surface area contributed by atoms with Crippen LogP contribution in [0.3, 0.4) is 0 Å². The molecule has 0 heteroatoms. The van der Waals surface area contributed by atoms with E-state index in [0.29, 0.717) is 5.92 Å². The molecule has 0 saturated heterocycles. The molecule has 0 aliphatic heterocycles. The lowest BCUT2D eigenvalue weighted by Crippen LogP contribution is -1.99. The summed E-state index contributed by atoms with van der Waals surface area (Å²) < 4.78 is 0. The van der Waals surface area contributed by atoms with Crippen molar-refractivity contribution in [3.05, 3.63) is 97.7 Å². The third-order valence-electron chi connectivity index (χ3n) is 3.44. The maximum absolute atomic E-state index is 4.16. The highest BCUT2D eigenvalue weighted by molar-refractivity contribution is 5.39. The third-order valence-corrected chi connectivity index (χ3v) is 3.44. The molecule has 1 aromatic carbocycles. The third kappa shape index (κ3) is 9.84. The van der Waals surface area contributed by atoms with Crippen molar-refractivity contribution in [1.82, 2.24) is 0 Å². The summed E-state index contributed by atoms with van der Waals surface area (Å²) in [4.78, 5) is 0. The number of hydrogen-bond donors (Lipinski definition) is 0. The zero-order valence-electron chi connectivity index (χ0n) is 16.2. The molecule has 0 aromatic heterocycles. The quantitative estimate of drug-likeness (QED) is 0.318. The fourth-order valence-electron chi connectivity index (χ4n) is 2.30. The second-order valence-electron chi connectivity index (χ2n) is 4.84. The van der Waals surface area contributed by atoms with Gasteiger partial charge in [0.2, 0.25) is 0 Å². The maximum atomic E-state index is 4.16. The van der Waals surface area contributed by atoms with E-state index in [-0.39, 0.29) is 0 Å². The Morgan fingerprint density at radius 1 is 1.00 bits per heavy atom. The van der Waals surface area contributed by atoms with Crippen molar-refractivity contribution in [2.24, 2.45) is 0 Å². The van der Waals surface area contributed by atoms with Crippen LogP contribution in [-0.4, -0.2) is 0 Å². The number of benzene rings is 1. The van der Waals surface area contributed by atoms with Crippen LogP contribution in [0, 0.1) is 0 Å². The van der Waals surface area contributed by atoms with Gasteiger partial charge in [-0.05, 0) is 41.9 Å². The lowest BCUT2D eigenvalue weighted by molar-refractivity contribution is 0.633. The van der Waals surface area contributed by atoms with Crippen molar-refractivity contribution in [2.45, 2.75) is 52.9 Å². The van der Waals surface area contributed by atoms with E-state index in [9.17, 15) is 0 Å². The van der Waals surface area contributed by atoms with E-state index in [1.165, 1.54) is 5.56 Å². The standard InChI is InChI=1S/C20H24.2C2H6/c1-5-11-18(7-3)17(4)15-16-19(12-6-2)20-13-9-8-10-14-20;2*1-2/h5-11,13-14,19H,1-4,12,15-16H2;2*1-2H3/b18-11+;;/t19-;;/m1../s1. The molecule has 0 spiro atoms. The van der Waals surface area contributed by atoms with Gasteiger partial charge in [-0.1, -0.05) is 102 Å². The van der Waals surface area contributed by atoms with Crippen LogP contribution in [0.25, 0.3) is 0 Å². The summed E-state index contributed by atoms with van der Waals surface area (Å²) in [6, 6.07) is 10.6. The molecule has 132 valence electrons. The van der Waals surface area contributed by atoms with Crippen LogP contribution in [0.4, 0.5) is 0 Å². The molecule has 0 aliphatic carbocycles. The minimum absolute atomic E-state index is 0.500. The summed E-state index contributed by atoms with van der Waals surface area (Å²) in [6.07, 6.45) is 10.6. The summed E-state index contributed by atoms with van der Waals surface area (Å²) in [6.45, 7) is 23.6. The van der Waals surface area contributed by atoms with Crippen LogP contribution in [-0.2, 0) is 0 Å². The lowest BCUT2D eigenvalue weighted by atomic mass is 9.88. The average molecular weight is 325 g/mol. The summed E-state index contributed by atoms with van der Waals surface area (Å²) in [7, 11) is 0. The summed E-state index contributed by atoms with van der Waals surface area (Å²) >= 11 is 0. The molecule has 0 heterocycles. The molecule has 1 rings (SSSR count). The fourth-order valence-corrected chi connectivity index (χ4v) is 2.30. The first kappa shape index (κ1) is 24.2. The molecule has 0 amide bonds. The van der Waals surface area contributed by atoms with Crippen LogP contribution >= 0.6 is 0 Å². The van der Waals surface area contributed by atoms with E-state index in [1.807, 2.05) is 45.9 Å². The van der Waals surface area contributed by atoms with Crippen LogP contribution in [0.1, 0.15) is 58.4 Å². The Hall–Kier alpha value is -2.08. The first-order valence-corrected chi connectivity index (χ1v) is 9.02. The van der Waals surface area contributed by atoms with E-state index in [1.54, 1.807) is 6.08 Å². The molecule has 1 atom stereocenters. The van der Waals surface area contributed by atoms with Gasteiger partial charge in [0.15, 0.2) is 0 Å². The minimum Gasteiger partial charge on any atom is -0.103 e. The molecule has 0 fully saturated rings. The summed E-state index contributed by atoms with van der Waals surface area (Å²) in [5.74, 6) is 0.500. The molecule has 0 nitrogen and oxygen atoms in total. The molecule has 0 aliphatic rings. The Bertz CT molecular complexity index is 488. The zero-order valence-corrected chi connectivity index (χ0v) is 16.2. The normalized spacial score (nSPS) is 10.9. The van der Waals surface area contributed by atoms with Crippen molar-refractivity contribution in [2.75, 3.05) is 0 Å². The first-order chi connectivity index (χ1) is 11.7. The minimum atomic E-state index is 0.500. The van der Waals surface area contributed by atoms with Crippen molar-refractivity contribution >= 4 is 0 Å². The highest BCUT2D eigenvalue weighted by atomic mass is 14.2. The molecular formula is C24H36. The molecule has 0 bridgehead atoms. The van der Waals surface area contributed by atoms with Gasteiger partial charge < -0.3 is 0 Å². The van der Waals surface area contributed by atoms with E-state index >= 15 is 0 Å². The zero-order chi connectivity index (χ0) is 18.8. The van der Waals surface area contributed by atoms with E-state index in [2.05, 4.69) is 56.6 Å². The van der Waals surface area contributed by atoms with Gasteiger partial charge in [-0.2, -0.15) is 0 Å². The smallest absolute Gasteiger partial charge is 0.0124 e. The second kappa shape index (κ2) is 17.3. The van der Waals surface area contributed by atoms with Gasteiger partial charge in [0.05, 0.1) is 0 Å². The highest BCUT2D eigenvalue weighted by Crippen LogP contribution is 2.28. The predicted molar refractivity (Wildman–Crippen MR) is 114 cm³/mol. The SMILES string of the molecule is C=C/C=C(\C=C)C(=C)CC[C@@H](CC=C)c1ccccc1.CC.CC. The fraction of sp³-hybridized carbons (Fsp3) is 0.333. The molecule has 0 unspecified atom stereocenters. The van der Waals surface area contributed by atoms with Gasteiger partial charge in [0.25, 0.3) is 0 Å². The van der Waals surface area contributed by atoms with E-state index in [4.69, 9.17) is 0 Å². The van der Waals surface area contributed by atoms with Crippen molar-refractivity contribution in [1.29, 1.82) is 0 Å². The topological polar surface area (TPSA) is 0 Å². The number of hydrogen-bond acceptors (Lipinski definition) is 0. The Balaban J connectivity index is 0. The number of allylic oxidation sites excluding steroid dienone is 6. The van der Waals surface area contributed by atoms with Gasteiger partial charge in [-0.3, -0.25) is 0 Å². The van der Waals surface area contributed by atoms with Gasteiger partial charge in [-0.25, -0.2) is 0 Å². The molecule has 0 N–H and O–H groups in total. The highest BCUT2D eigenvalue weighted by Gasteiger charge is 2.10. The van der Waals surface area contributed by atoms with Crippen molar-refractivity contribution in [3.8, 4) is 0 Å². The Morgan fingerprint density at radius 3 is 2.04 bits per heavy atom. The monoisotopic (exact) mass is 324 g/mol. The molecular weight excluding hydrogens is 288 g/mol. The van der Waals surface area contributed by atoms with Crippen molar-refractivity contribution in [3.63, 3.8) is 0 Å². The van der Waals surface area contributed by atoms with Crippen LogP contribution in [0.5, 0.6) is 0 Å². The Kier molecular flexibility index (Phi) is 17.4. The van der Waals surface area contributed by atoms with Crippen LogP contribution < -0.4 is 0 Å². The van der Waals surface area contributed by atoms with Gasteiger partial charge in [0.1, 0.15) is 0 Å².